The van der Waals surface area contributed by atoms with Gasteiger partial charge in [0, 0.05) is 55.0 Å². The zero-order valence-corrected chi connectivity index (χ0v) is 37.8. The zero-order chi connectivity index (χ0) is 43.4. The Morgan fingerprint density at radius 3 is 2.03 bits per heavy atom. The van der Waals surface area contributed by atoms with E-state index in [4.69, 9.17) is 33.3 Å². The van der Waals surface area contributed by atoms with Gasteiger partial charge in [0.2, 0.25) is 11.8 Å². The van der Waals surface area contributed by atoms with Crippen molar-refractivity contribution >= 4 is 48.5 Å². The summed E-state index contributed by atoms with van der Waals surface area (Å²) in [4.78, 5) is 39.3. The first-order chi connectivity index (χ1) is 29.7. The molecule has 4 N–H and O–H groups in total. The number of azide groups is 1. The van der Waals surface area contributed by atoms with Crippen LogP contribution < -0.4 is 31.6 Å². The van der Waals surface area contributed by atoms with Gasteiger partial charge in [-0.15, -0.1) is 0 Å². The summed E-state index contributed by atoms with van der Waals surface area (Å²) in [5.74, 6) is 0.845. The Labute approximate surface area is 366 Å². The van der Waals surface area contributed by atoms with Crippen molar-refractivity contribution in [3.8, 4) is 0 Å². The number of ether oxygens (including phenoxy) is 4. The molecule has 0 aliphatic carbocycles. The third-order valence-corrected chi connectivity index (χ3v) is 15.3. The number of benzene rings is 2. The number of amides is 4. The van der Waals surface area contributed by atoms with Crippen molar-refractivity contribution < 1.29 is 42.2 Å². The summed E-state index contributed by atoms with van der Waals surface area (Å²) in [6.45, 7) is 8.85. The van der Waals surface area contributed by atoms with Gasteiger partial charge in [0.15, 0.2) is 0 Å². The lowest BCUT2D eigenvalue weighted by Crippen LogP contribution is -2.67. The van der Waals surface area contributed by atoms with E-state index in [1.54, 1.807) is 0 Å². The Morgan fingerprint density at radius 2 is 1.38 bits per heavy atom. The second-order valence-corrected chi connectivity index (χ2v) is 19.8. The van der Waals surface area contributed by atoms with Crippen molar-refractivity contribution in [2.24, 2.45) is 5.11 Å². The van der Waals surface area contributed by atoms with Crippen LogP contribution in [-0.4, -0.2) is 134 Å². The molecule has 2 fully saturated rings. The maximum absolute atomic E-state index is 12.8. The number of unbranched alkanes of at least 4 members (excludes halogenated alkanes) is 4. The third-order valence-electron chi connectivity index (χ3n) is 10.2. The third kappa shape index (κ3) is 19.1. The monoisotopic (exact) mass is 885 g/mol. The molecular formula is C43H67N7O9SSi. The Bertz CT molecular complexity index is 1570. The molecule has 1 unspecified atom stereocenters. The number of thioether (sulfide) groups is 1. The van der Waals surface area contributed by atoms with Crippen LogP contribution in [0.3, 0.4) is 0 Å². The molecule has 2 aliphatic rings. The lowest BCUT2D eigenvalue weighted by molar-refractivity contribution is -0.123. The number of fused-ring (bicyclic) bond motifs is 1. The molecule has 61 heavy (non-hydrogen) atoms. The molecule has 2 heterocycles. The second-order valence-electron chi connectivity index (χ2n) is 15.6. The number of carbonyl (C=O) groups excluding carboxylic acids is 3. The molecule has 2 aromatic rings. The summed E-state index contributed by atoms with van der Waals surface area (Å²) in [6, 6.07) is 20.5. The highest BCUT2D eigenvalue weighted by Crippen LogP contribution is 2.33. The van der Waals surface area contributed by atoms with Crippen molar-refractivity contribution in [2.45, 2.75) is 94.6 Å². The highest BCUT2D eigenvalue weighted by Gasteiger charge is 2.47. The van der Waals surface area contributed by atoms with E-state index < -0.39 is 14.2 Å². The zero-order valence-electron chi connectivity index (χ0n) is 36.0. The summed E-state index contributed by atoms with van der Waals surface area (Å²) in [5, 5.41) is 17.9. The van der Waals surface area contributed by atoms with Crippen molar-refractivity contribution in [2.75, 3.05) is 84.8 Å². The summed E-state index contributed by atoms with van der Waals surface area (Å²) < 4.78 is 36.2. The topological polar surface area (TPSA) is 203 Å². The SMILES string of the molecule is CC(C)(CNC(=O)CCOCCOCCOCCOCCNC(=O)CCCCC1SC[C@H]2NC(=O)N[C@@H]12)O[Si](OCCCCCCN=[N+]=[N-])(c1ccccc1)c1ccccc1. The van der Waals surface area contributed by atoms with Crippen LogP contribution in [0.25, 0.3) is 10.4 Å². The fraction of sp³-hybridized carbons (Fsp3) is 0.651. The summed E-state index contributed by atoms with van der Waals surface area (Å²) >= 11 is 1.90. The number of hydrogen-bond donors (Lipinski definition) is 4. The Kier molecular flexibility index (Phi) is 23.6. The van der Waals surface area contributed by atoms with Crippen LogP contribution in [0.4, 0.5) is 4.79 Å². The van der Waals surface area contributed by atoms with Gasteiger partial charge in [-0.2, -0.15) is 11.8 Å². The van der Waals surface area contributed by atoms with E-state index >= 15 is 0 Å². The van der Waals surface area contributed by atoms with Gasteiger partial charge >= 0.3 is 14.6 Å². The molecule has 18 heteroatoms. The van der Waals surface area contributed by atoms with E-state index in [0.717, 1.165) is 61.1 Å². The van der Waals surface area contributed by atoms with Gasteiger partial charge in [-0.25, -0.2) is 4.79 Å². The molecule has 0 radical (unpaired) electrons. The lowest BCUT2D eigenvalue weighted by Gasteiger charge is -2.39. The standard InChI is InChI=1S/C43H67N7O9SSi/c1-43(2,59-61(35-15-7-5-8-16-35,36-17-9-6-10-18-36)58-24-14-4-3-13-22-47-50-44)34-46-40(52)21-25-54-27-29-56-31-32-57-30-28-55-26-23-45-39(51)20-12-11-19-38-41-37(33-60-38)48-42(53)49-41/h5-10,15-18,37-38,41H,3-4,11-14,19-34H2,1-2H3,(H,45,51)(H,46,52)(H2,48,49,53)/t37-,38?,41-/m1/s1. The van der Waals surface area contributed by atoms with Gasteiger partial charge in [0.1, 0.15) is 0 Å². The van der Waals surface area contributed by atoms with Crippen LogP contribution in [0.15, 0.2) is 65.8 Å². The van der Waals surface area contributed by atoms with Crippen LogP contribution >= 0.6 is 11.8 Å². The lowest BCUT2D eigenvalue weighted by atomic mass is 10.0. The molecule has 0 bridgehead atoms. The summed E-state index contributed by atoms with van der Waals surface area (Å²) in [5.41, 5.74) is 7.77. The van der Waals surface area contributed by atoms with E-state index in [1.165, 1.54) is 0 Å². The van der Waals surface area contributed by atoms with Crippen molar-refractivity contribution in [1.29, 1.82) is 0 Å². The number of rotatable bonds is 34. The van der Waals surface area contributed by atoms with E-state index in [0.29, 0.717) is 77.6 Å². The molecule has 16 nitrogen and oxygen atoms in total. The predicted molar refractivity (Wildman–Crippen MR) is 239 cm³/mol. The largest absolute Gasteiger partial charge is 0.407 e. The minimum atomic E-state index is -3.21. The van der Waals surface area contributed by atoms with E-state index in [1.807, 2.05) is 62.0 Å². The van der Waals surface area contributed by atoms with E-state index in [2.05, 4.69) is 55.6 Å². The first kappa shape index (κ1) is 49.9. The van der Waals surface area contributed by atoms with Crippen molar-refractivity contribution in [1.82, 2.24) is 21.3 Å². The van der Waals surface area contributed by atoms with Crippen LogP contribution in [-0.2, 0) is 37.4 Å². The number of urea groups is 1. The fourth-order valence-electron chi connectivity index (χ4n) is 7.07. The minimum absolute atomic E-state index is 0.0281. The van der Waals surface area contributed by atoms with Crippen molar-refractivity contribution in [3.63, 3.8) is 0 Å². The second kappa shape index (κ2) is 28.8. The van der Waals surface area contributed by atoms with Gasteiger partial charge < -0.3 is 49.1 Å². The van der Waals surface area contributed by atoms with E-state index in [-0.39, 0.29) is 49.5 Å². The number of hydrogen-bond acceptors (Lipinski definition) is 11. The van der Waals surface area contributed by atoms with Gasteiger partial charge in [-0.05, 0) is 55.4 Å². The molecule has 2 aliphatic heterocycles. The predicted octanol–water partition coefficient (Wildman–Crippen LogP) is 4.34. The normalized spacial score (nSPS) is 17.3. The summed E-state index contributed by atoms with van der Waals surface area (Å²) in [6.07, 6.45) is 7.08. The van der Waals surface area contributed by atoms with Gasteiger partial charge in [0.25, 0.3) is 0 Å². The molecular weight excluding hydrogens is 819 g/mol. The van der Waals surface area contributed by atoms with Gasteiger partial charge in [0.05, 0.1) is 70.5 Å². The molecule has 4 amide bonds. The molecule has 0 saturated carbocycles. The molecule has 0 spiro atoms. The molecule has 2 aromatic carbocycles. The maximum atomic E-state index is 12.8. The maximum Gasteiger partial charge on any atom is 0.407 e. The van der Waals surface area contributed by atoms with Crippen LogP contribution in [0.5, 0.6) is 0 Å². The average Bonchev–Trinajstić information content (AvgIpc) is 3.83. The van der Waals surface area contributed by atoms with E-state index in [9.17, 15) is 14.4 Å². The highest BCUT2D eigenvalue weighted by molar-refractivity contribution is 8.00. The summed E-state index contributed by atoms with van der Waals surface area (Å²) in [7, 11) is -3.21. The molecule has 4 rings (SSSR count). The fourth-order valence-corrected chi connectivity index (χ4v) is 12.1. The molecule has 0 aromatic heterocycles. The molecule has 2 saturated heterocycles. The number of nitrogens with one attached hydrogen (secondary N) is 4. The average molecular weight is 886 g/mol. The highest BCUT2D eigenvalue weighted by atomic mass is 32.2. The number of carbonyl (C=O) groups is 3. The quantitative estimate of drug-likeness (QED) is 0.0196. The van der Waals surface area contributed by atoms with Crippen LogP contribution in [0.2, 0.25) is 0 Å². The first-order valence-corrected chi connectivity index (χ1v) is 24.6. The smallest absolute Gasteiger partial charge is 0.388 e. The van der Waals surface area contributed by atoms with Crippen LogP contribution in [0, 0.1) is 0 Å². The van der Waals surface area contributed by atoms with Crippen molar-refractivity contribution in [3.05, 3.63) is 71.1 Å². The van der Waals surface area contributed by atoms with Gasteiger partial charge in [-0.3, -0.25) is 9.59 Å². The minimum Gasteiger partial charge on any atom is -0.388 e. The number of nitrogens with zero attached hydrogens (tertiary/aromatic N) is 3. The molecule has 338 valence electrons. The first-order valence-electron chi connectivity index (χ1n) is 21.7. The van der Waals surface area contributed by atoms with Crippen LogP contribution in [0.1, 0.15) is 71.6 Å². The Balaban J connectivity index is 0.997. The van der Waals surface area contributed by atoms with Gasteiger partial charge in [-0.1, -0.05) is 85.0 Å². The molecule has 3 atom stereocenters. The Hall–Kier alpha value is -3.71. The Morgan fingerprint density at radius 1 is 0.770 bits per heavy atom.